The third-order valence-electron chi connectivity index (χ3n) is 5.66. The largest absolute Gasteiger partial charge is 0.378 e. The molecule has 9 nitrogen and oxygen atoms in total. The van der Waals surface area contributed by atoms with E-state index < -0.39 is 15.5 Å². The van der Waals surface area contributed by atoms with Crippen LogP contribution in [0.4, 0.5) is 5.88 Å². The van der Waals surface area contributed by atoms with Crippen molar-refractivity contribution < 1.29 is 22.0 Å². The molecule has 10 heteroatoms. The fourth-order valence-electron chi connectivity index (χ4n) is 3.62. The van der Waals surface area contributed by atoms with Crippen LogP contribution in [0.5, 0.6) is 0 Å². The Morgan fingerprint density at radius 1 is 1.06 bits per heavy atom. The molecule has 0 unspecified atom stereocenters. The van der Waals surface area contributed by atoms with Crippen molar-refractivity contribution in [3.63, 3.8) is 0 Å². The number of rotatable bonds is 6. The summed E-state index contributed by atoms with van der Waals surface area (Å²) in [5.74, 6) is 0.441. The Balaban J connectivity index is 1.56. The van der Waals surface area contributed by atoms with Crippen molar-refractivity contribution in [3.05, 3.63) is 71.9 Å². The van der Waals surface area contributed by atoms with E-state index in [1.165, 1.54) is 0 Å². The Labute approximate surface area is 199 Å². The molecule has 1 aliphatic heterocycles. The molecule has 34 heavy (non-hydrogen) atoms. The first-order chi connectivity index (χ1) is 16.2. The second-order valence-corrected chi connectivity index (χ2v) is 10.1. The zero-order chi connectivity index (χ0) is 24.2. The van der Waals surface area contributed by atoms with Crippen LogP contribution >= 0.6 is 0 Å². The first kappa shape index (κ1) is 23.9. The second kappa shape index (κ2) is 9.96. The van der Waals surface area contributed by atoms with Crippen LogP contribution in [0, 0.1) is 0 Å². The van der Waals surface area contributed by atoms with Crippen LogP contribution < -0.4 is 5.48 Å². The highest BCUT2D eigenvalue weighted by atomic mass is 32.2. The molecule has 1 aliphatic rings. The molecule has 0 amide bonds. The van der Waals surface area contributed by atoms with Gasteiger partial charge in [0, 0.05) is 24.6 Å². The maximum atomic E-state index is 11.5. The molecule has 0 radical (unpaired) electrons. The van der Waals surface area contributed by atoms with Crippen LogP contribution in [0.1, 0.15) is 25.1 Å². The molecule has 1 N–H and O–H groups in total. The predicted octanol–water partition coefficient (Wildman–Crippen LogP) is 3.47. The van der Waals surface area contributed by atoms with E-state index in [9.17, 15) is 8.42 Å². The Kier molecular flexibility index (Phi) is 7.01. The van der Waals surface area contributed by atoms with E-state index in [4.69, 9.17) is 13.5 Å². The molecule has 1 saturated heterocycles. The molecule has 3 aromatic rings. The Morgan fingerprint density at radius 2 is 1.71 bits per heavy atom. The van der Waals surface area contributed by atoms with Crippen LogP contribution in [-0.2, 0) is 24.6 Å². The molecule has 4 rings (SSSR count). The second-order valence-electron chi connectivity index (χ2n) is 8.54. The molecule has 0 spiro atoms. The minimum atomic E-state index is -3.72. The maximum Gasteiger partial charge on any atom is 0.285 e. The van der Waals surface area contributed by atoms with Crippen molar-refractivity contribution in [2.45, 2.75) is 19.3 Å². The topological polar surface area (TPSA) is 106 Å². The van der Waals surface area contributed by atoms with E-state index in [1.54, 1.807) is 6.07 Å². The smallest absolute Gasteiger partial charge is 0.285 e. The zero-order valence-corrected chi connectivity index (χ0v) is 20.2. The Bertz CT molecular complexity index is 1230. The highest BCUT2D eigenvalue weighted by Crippen LogP contribution is 2.34. The Morgan fingerprint density at radius 3 is 2.35 bits per heavy atom. The molecule has 2 heterocycles. The van der Waals surface area contributed by atoms with Gasteiger partial charge in [-0.1, -0.05) is 73.6 Å². The number of hydroxylamine groups is 1. The number of morpholine rings is 1. The number of aliphatic imine (C=N–C) groups is 1. The van der Waals surface area contributed by atoms with E-state index in [0.29, 0.717) is 32.0 Å². The number of ether oxygens (including phenoxy) is 1. The van der Waals surface area contributed by atoms with Crippen molar-refractivity contribution in [2.75, 3.05) is 32.6 Å². The van der Waals surface area contributed by atoms with E-state index in [-0.39, 0.29) is 11.8 Å². The van der Waals surface area contributed by atoms with E-state index >= 15 is 0 Å². The summed E-state index contributed by atoms with van der Waals surface area (Å²) in [5, 5.41) is 4.24. The van der Waals surface area contributed by atoms with Gasteiger partial charge in [-0.3, -0.25) is 0 Å². The van der Waals surface area contributed by atoms with Gasteiger partial charge >= 0.3 is 0 Å². The summed E-state index contributed by atoms with van der Waals surface area (Å²) in [6.45, 7) is 6.16. The number of hydrogen-bond acceptors (Lipinski definition) is 7. The van der Waals surface area contributed by atoms with Crippen LogP contribution in [0.25, 0.3) is 11.1 Å². The van der Waals surface area contributed by atoms with Gasteiger partial charge in [-0.15, -0.1) is 4.28 Å². The fraction of sp³-hybridized carbons (Fsp3) is 0.333. The highest BCUT2D eigenvalue weighted by molar-refractivity contribution is 7.85. The molecule has 2 aromatic carbocycles. The lowest BCUT2D eigenvalue weighted by Gasteiger charge is -2.29. The molecule has 1 fully saturated rings. The van der Waals surface area contributed by atoms with Crippen LogP contribution in [-0.4, -0.2) is 57.0 Å². The number of benzene rings is 2. The van der Waals surface area contributed by atoms with Gasteiger partial charge < -0.3 is 14.2 Å². The summed E-state index contributed by atoms with van der Waals surface area (Å²) >= 11 is 0. The average molecular weight is 485 g/mol. The third-order valence-corrected chi connectivity index (χ3v) is 6.05. The minimum absolute atomic E-state index is 0.210. The van der Waals surface area contributed by atoms with Crippen LogP contribution in [0.3, 0.4) is 0 Å². The summed E-state index contributed by atoms with van der Waals surface area (Å²) in [6.07, 6.45) is 0.953. The molecule has 0 aliphatic carbocycles. The predicted molar refractivity (Wildman–Crippen MR) is 129 cm³/mol. The number of hydrogen-bond donors (Lipinski definition) is 1. The number of aromatic nitrogens is 1. The van der Waals surface area contributed by atoms with E-state index in [2.05, 4.69) is 65.9 Å². The summed E-state index contributed by atoms with van der Waals surface area (Å²) in [4.78, 5) is 6.25. The van der Waals surface area contributed by atoms with Gasteiger partial charge in [0.2, 0.25) is 5.96 Å². The van der Waals surface area contributed by atoms with Crippen molar-refractivity contribution >= 4 is 22.0 Å². The molecular weight excluding hydrogens is 456 g/mol. The van der Waals surface area contributed by atoms with Gasteiger partial charge in [-0.05, 0) is 16.7 Å². The summed E-state index contributed by atoms with van der Waals surface area (Å²) in [7, 11) is -3.72. The standard InChI is InChI=1S/C24H28N4O5S/c1-24(2,20-11-9-19(10-12-20)18-7-5-4-6-8-18)21-17-22(32-26-21)25-23(27-33-34(3,29)30)28-13-15-31-16-14-28/h4-12,17H,13-16H2,1-3H3,(H,25,27). The van der Waals surface area contributed by atoms with Gasteiger partial charge in [0.05, 0.1) is 25.2 Å². The van der Waals surface area contributed by atoms with Gasteiger partial charge in [-0.25, -0.2) is 5.48 Å². The molecule has 180 valence electrons. The fourth-order valence-corrected chi connectivity index (χ4v) is 3.85. The lowest BCUT2D eigenvalue weighted by molar-refractivity contribution is 0.0628. The monoisotopic (exact) mass is 484 g/mol. The van der Waals surface area contributed by atoms with Crippen molar-refractivity contribution in [2.24, 2.45) is 4.99 Å². The van der Waals surface area contributed by atoms with Gasteiger partial charge in [0.1, 0.15) is 0 Å². The molecule has 0 saturated carbocycles. The molecule has 0 bridgehead atoms. The van der Waals surface area contributed by atoms with E-state index in [0.717, 1.165) is 22.9 Å². The number of guanidine groups is 1. The molecule has 0 atom stereocenters. The SMILES string of the molecule is CC(C)(c1ccc(-c2ccccc2)cc1)c1cc(N=C(NOS(C)(=O)=O)N2CCOCC2)on1. The summed E-state index contributed by atoms with van der Waals surface area (Å²) in [5.41, 5.74) is 6.05. The number of nitrogens with one attached hydrogen (secondary N) is 1. The highest BCUT2D eigenvalue weighted by Gasteiger charge is 2.28. The van der Waals surface area contributed by atoms with Crippen molar-refractivity contribution in [1.29, 1.82) is 0 Å². The summed E-state index contributed by atoms with van der Waals surface area (Å²) in [6, 6.07) is 20.3. The summed E-state index contributed by atoms with van der Waals surface area (Å²) < 4.78 is 38.5. The van der Waals surface area contributed by atoms with Crippen molar-refractivity contribution in [3.8, 4) is 11.1 Å². The van der Waals surface area contributed by atoms with Crippen molar-refractivity contribution in [1.82, 2.24) is 15.5 Å². The van der Waals surface area contributed by atoms with Crippen LogP contribution in [0.2, 0.25) is 0 Å². The Hall–Kier alpha value is -3.21. The molecule has 1 aromatic heterocycles. The van der Waals surface area contributed by atoms with Crippen LogP contribution in [0.15, 0.2) is 70.2 Å². The lowest BCUT2D eigenvalue weighted by atomic mass is 9.81. The first-order valence-corrected chi connectivity index (χ1v) is 12.7. The normalized spacial score (nSPS) is 15.4. The van der Waals surface area contributed by atoms with Gasteiger partial charge in [0.15, 0.2) is 0 Å². The maximum absolute atomic E-state index is 11.5. The van der Waals surface area contributed by atoms with Gasteiger partial charge in [-0.2, -0.15) is 13.4 Å². The zero-order valence-electron chi connectivity index (χ0n) is 19.4. The average Bonchev–Trinajstić information content (AvgIpc) is 3.32. The number of nitrogens with zero attached hydrogens (tertiary/aromatic N) is 3. The van der Waals surface area contributed by atoms with Gasteiger partial charge in [0.25, 0.3) is 16.0 Å². The third kappa shape index (κ3) is 5.82. The lowest BCUT2D eigenvalue weighted by Crippen LogP contribution is -2.47. The quantitative estimate of drug-likeness (QED) is 0.322. The first-order valence-electron chi connectivity index (χ1n) is 10.9. The molecular formula is C24H28N4O5S. The minimum Gasteiger partial charge on any atom is -0.378 e. The van der Waals surface area contributed by atoms with E-state index in [1.807, 2.05) is 23.1 Å².